The van der Waals surface area contributed by atoms with Crippen LogP contribution < -0.4 is 0 Å². The van der Waals surface area contributed by atoms with Crippen LogP contribution in [0.25, 0.3) is 0 Å². The predicted octanol–water partition coefficient (Wildman–Crippen LogP) is 6.76. The van der Waals surface area contributed by atoms with Gasteiger partial charge < -0.3 is 4.57 Å². The first-order chi connectivity index (χ1) is 12.6. The maximum atomic E-state index is 6.05. The number of hydrogen-bond acceptors (Lipinski definition) is 2. The van der Waals surface area contributed by atoms with E-state index in [0.717, 1.165) is 35.9 Å². The molecular weight excluding hydrogens is 383 g/mol. The number of thioether (sulfide) groups is 1. The molecule has 5 heteroatoms. The molecule has 0 aliphatic heterocycles. The molecule has 0 fully saturated rings. The number of rotatable bonds is 8. The molecule has 2 nitrogen and oxygen atoms in total. The Kier molecular flexibility index (Phi) is 6.68. The Balaban J connectivity index is 1.80. The van der Waals surface area contributed by atoms with Crippen molar-refractivity contribution in [3.05, 3.63) is 82.9 Å². The SMILES string of the molecule is CCC(CCc1ccc(Cl)cc1)(Cn1ccnc1)Sc1ccc(Cl)cc1. The van der Waals surface area contributed by atoms with Crippen molar-refractivity contribution in [1.82, 2.24) is 9.55 Å². The van der Waals surface area contributed by atoms with Crippen LogP contribution in [0, 0.1) is 0 Å². The number of benzene rings is 2. The average molecular weight is 405 g/mol. The summed E-state index contributed by atoms with van der Waals surface area (Å²) in [6.45, 7) is 3.19. The summed E-state index contributed by atoms with van der Waals surface area (Å²) < 4.78 is 2.25. The molecule has 26 heavy (non-hydrogen) atoms. The van der Waals surface area contributed by atoms with E-state index >= 15 is 0 Å². The van der Waals surface area contributed by atoms with Gasteiger partial charge >= 0.3 is 0 Å². The van der Waals surface area contributed by atoms with E-state index in [9.17, 15) is 0 Å². The normalized spacial score (nSPS) is 13.5. The summed E-state index contributed by atoms with van der Waals surface area (Å²) in [7, 11) is 0. The van der Waals surface area contributed by atoms with Crippen molar-refractivity contribution < 1.29 is 0 Å². The van der Waals surface area contributed by atoms with E-state index in [4.69, 9.17) is 23.2 Å². The van der Waals surface area contributed by atoms with Crippen LogP contribution in [-0.4, -0.2) is 14.3 Å². The predicted molar refractivity (Wildman–Crippen MR) is 112 cm³/mol. The molecule has 0 amide bonds. The number of imidazole rings is 1. The van der Waals surface area contributed by atoms with Crippen LogP contribution in [0.3, 0.4) is 0 Å². The molecule has 0 aliphatic carbocycles. The van der Waals surface area contributed by atoms with Crippen LogP contribution in [-0.2, 0) is 13.0 Å². The lowest BCUT2D eigenvalue weighted by Crippen LogP contribution is -2.30. The van der Waals surface area contributed by atoms with Gasteiger partial charge in [0.05, 0.1) is 6.33 Å². The molecule has 0 spiro atoms. The lowest BCUT2D eigenvalue weighted by molar-refractivity contribution is 0.449. The zero-order valence-corrected chi connectivity index (χ0v) is 17.1. The molecule has 0 aliphatic rings. The van der Waals surface area contributed by atoms with Gasteiger partial charge in [-0.1, -0.05) is 42.3 Å². The Morgan fingerprint density at radius 2 is 1.65 bits per heavy atom. The van der Waals surface area contributed by atoms with Crippen molar-refractivity contribution >= 4 is 35.0 Å². The fourth-order valence-corrected chi connectivity index (χ4v) is 4.60. The zero-order chi connectivity index (χ0) is 18.4. The van der Waals surface area contributed by atoms with Gasteiger partial charge in [0.25, 0.3) is 0 Å². The van der Waals surface area contributed by atoms with Crippen molar-refractivity contribution in [2.24, 2.45) is 0 Å². The monoisotopic (exact) mass is 404 g/mol. The smallest absolute Gasteiger partial charge is 0.0946 e. The van der Waals surface area contributed by atoms with E-state index in [2.05, 4.69) is 40.7 Å². The largest absolute Gasteiger partial charge is 0.336 e. The van der Waals surface area contributed by atoms with Gasteiger partial charge in [0.1, 0.15) is 0 Å². The fraction of sp³-hybridized carbons (Fsp3) is 0.286. The van der Waals surface area contributed by atoms with Crippen molar-refractivity contribution in [3.63, 3.8) is 0 Å². The van der Waals surface area contributed by atoms with E-state index in [-0.39, 0.29) is 4.75 Å². The molecule has 3 rings (SSSR count). The summed E-state index contributed by atoms with van der Waals surface area (Å²) in [4.78, 5) is 5.45. The molecule has 1 heterocycles. The minimum Gasteiger partial charge on any atom is -0.336 e. The zero-order valence-electron chi connectivity index (χ0n) is 14.7. The molecule has 0 bridgehead atoms. The van der Waals surface area contributed by atoms with Crippen LogP contribution in [0.1, 0.15) is 25.3 Å². The first-order valence-corrected chi connectivity index (χ1v) is 10.3. The first-order valence-electron chi connectivity index (χ1n) is 8.73. The van der Waals surface area contributed by atoms with Gasteiger partial charge in [-0.2, -0.15) is 0 Å². The Bertz CT molecular complexity index is 801. The highest BCUT2D eigenvalue weighted by Gasteiger charge is 2.30. The third-order valence-electron chi connectivity index (χ3n) is 4.60. The van der Waals surface area contributed by atoms with Crippen LogP contribution in [0.5, 0.6) is 0 Å². The molecule has 2 aromatic carbocycles. The van der Waals surface area contributed by atoms with Crippen molar-refractivity contribution in [2.75, 3.05) is 0 Å². The second-order valence-electron chi connectivity index (χ2n) is 6.45. The van der Waals surface area contributed by atoms with Crippen LogP contribution >= 0.6 is 35.0 Å². The van der Waals surface area contributed by atoms with Gasteiger partial charge in [0.2, 0.25) is 0 Å². The molecule has 0 radical (unpaired) electrons. The summed E-state index contributed by atoms with van der Waals surface area (Å²) >= 11 is 14.0. The highest BCUT2D eigenvalue weighted by molar-refractivity contribution is 8.00. The van der Waals surface area contributed by atoms with Gasteiger partial charge in [0.15, 0.2) is 0 Å². The van der Waals surface area contributed by atoms with E-state index in [1.807, 2.05) is 54.7 Å². The van der Waals surface area contributed by atoms with Crippen molar-refractivity contribution in [2.45, 2.75) is 42.4 Å². The summed E-state index contributed by atoms with van der Waals surface area (Å²) in [5.41, 5.74) is 1.31. The summed E-state index contributed by atoms with van der Waals surface area (Å²) in [5, 5.41) is 1.55. The van der Waals surface area contributed by atoms with E-state index in [1.54, 1.807) is 0 Å². The van der Waals surface area contributed by atoms with E-state index < -0.39 is 0 Å². The molecule has 1 aromatic heterocycles. The van der Waals surface area contributed by atoms with Crippen LogP contribution in [0.4, 0.5) is 0 Å². The molecule has 0 saturated carbocycles. The second kappa shape index (κ2) is 8.98. The van der Waals surface area contributed by atoms with Gasteiger partial charge in [-0.15, -0.1) is 11.8 Å². The molecular formula is C21H22Cl2N2S. The maximum absolute atomic E-state index is 6.05. The topological polar surface area (TPSA) is 17.8 Å². The standard InChI is InChI=1S/C21H22Cl2N2S/c1-2-21(15-25-14-13-24-16-25,26-20-9-7-19(23)8-10-20)12-11-17-3-5-18(22)6-4-17/h3-10,13-14,16H,2,11-12,15H2,1H3. The molecule has 1 atom stereocenters. The average Bonchev–Trinajstić information content (AvgIpc) is 3.16. The summed E-state index contributed by atoms with van der Waals surface area (Å²) in [6.07, 6.45) is 8.92. The Labute approximate surface area is 169 Å². The van der Waals surface area contributed by atoms with Crippen molar-refractivity contribution in [3.8, 4) is 0 Å². The van der Waals surface area contributed by atoms with Gasteiger partial charge in [-0.25, -0.2) is 4.98 Å². The highest BCUT2D eigenvalue weighted by atomic mass is 35.5. The summed E-state index contributed by atoms with van der Waals surface area (Å²) in [5.74, 6) is 0. The third-order valence-corrected chi connectivity index (χ3v) is 6.67. The third kappa shape index (κ3) is 5.29. The lowest BCUT2D eigenvalue weighted by atomic mass is 9.96. The van der Waals surface area contributed by atoms with Crippen LogP contribution in [0.2, 0.25) is 10.0 Å². The van der Waals surface area contributed by atoms with E-state index in [0.29, 0.717) is 0 Å². The summed E-state index contributed by atoms with van der Waals surface area (Å²) in [6, 6.07) is 16.3. The second-order valence-corrected chi connectivity index (χ2v) is 8.87. The first kappa shape index (κ1) is 19.3. The van der Waals surface area contributed by atoms with Gasteiger partial charge in [-0.05, 0) is 61.2 Å². The lowest BCUT2D eigenvalue weighted by Gasteiger charge is -2.33. The quantitative estimate of drug-likeness (QED) is 0.385. The number of nitrogens with zero attached hydrogens (tertiary/aromatic N) is 2. The van der Waals surface area contributed by atoms with Crippen LogP contribution in [0.15, 0.2) is 72.1 Å². The molecule has 136 valence electrons. The number of aryl methyl sites for hydroxylation is 1. The molecule has 0 N–H and O–H groups in total. The van der Waals surface area contributed by atoms with Crippen molar-refractivity contribution in [1.29, 1.82) is 0 Å². The molecule has 0 saturated heterocycles. The fourth-order valence-electron chi connectivity index (χ4n) is 3.01. The Hall–Kier alpha value is -1.42. The number of halogens is 2. The highest BCUT2D eigenvalue weighted by Crippen LogP contribution is 2.41. The number of aromatic nitrogens is 2. The Morgan fingerprint density at radius 1 is 1.00 bits per heavy atom. The minimum absolute atomic E-state index is 0.0775. The minimum atomic E-state index is 0.0775. The maximum Gasteiger partial charge on any atom is 0.0946 e. The van der Waals surface area contributed by atoms with Gasteiger partial charge in [-0.3, -0.25) is 0 Å². The Morgan fingerprint density at radius 3 is 2.23 bits per heavy atom. The van der Waals surface area contributed by atoms with E-state index in [1.165, 1.54) is 10.5 Å². The molecule has 3 aromatic rings. The molecule has 1 unspecified atom stereocenters. The van der Waals surface area contributed by atoms with Gasteiger partial charge in [0, 0.05) is 38.6 Å². The number of hydrogen-bond donors (Lipinski definition) is 0.